The quantitative estimate of drug-likeness (QED) is 0.348. The van der Waals surface area contributed by atoms with E-state index >= 15 is 0 Å². The number of aliphatic hydroxyl groups is 1. The first kappa shape index (κ1) is 5.05. The van der Waals surface area contributed by atoms with E-state index in [-0.39, 0.29) is 0 Å². The van der Waals surface area contributed by atoms with Crippen LogP contribution in [0.5, 0.6) is 0 Å². The molecule has 0 aromatic heterocycles. The molecule has 0 aliphatic rings. The Bertz CT molecular complexity index is 84.0. The van der Waals surface area contributed by atoms with Crippen LogP contribution in [0.1, 0.15) is 0 Å². The van der Waals surface area contributed by atoms with Crippen LogP contribution in [-0.4, -0.2) is 11.3 Å². The van der Waals surface area contributed by atoms with Crippen LogP contribution >= 0.6 is 0 Å². The molecule has 0 fully saturated rings. The summed E-state index contributed by atoms with van der Waals surface area (Å²) in [6, 6.07) is 1.19. The van der Waals surface area contributed by atoms with Crippen LogP contribution in [0.3, 0.4) is 0 Å². The Morgan fingerprint density at radius 3 is 2.50 bits per heavy atom. The van der Waals surface area contributed by atoms with Gasteiger partial charge in [-0.05, 0) is 5.18 Å². The third kappa shape index (κ3) is 1.38. The van der Waals surface area contributed by atoms with Gasteiger partial charge in [-0.15, -0.1) is 4.91 Å². The van der Waals surface area contributed by atoms with E-state index < -0.39 is 6.23 Å². The van der Waals surface area contributed by atoms with Crippen LogP contribution in [0.4, 0.5) is 0 Å². The topological polar surface area (TPSA) is 73.4 Å². The van der Waals surface area contributed by atoms with Gasteiger partial charge in [0.2, 0.25) is 0 Å². The number of nitrogens with zero attached hydrogens (tertiary/aromatic N) is 2. The van der Waals surface area contributed by atoms with E-state index in [1.54, 1.807) is 0 Å². The largest absolute Gasteiger partial charge is 0.358 e. The summed E-state index contributed by atoms with van der Waals surface area (Å²) in [5, 5.41) is 17.3. The fraction of sp³-hybridized carbons (Fsp3) is 0.500. The van der Waals surface area contributed by atoms with Crippen molar-refractivity contribution in [3.63, 3.8) is 0 Å². The summed E-state index contributed by atoms with van der Waals surface area (Å²) < 4.78 is 0. The fourth-order valence-corrected chi connectivity index (χ4v) is 0.0236. The van der Waals surface area contributed by atoms with Gasteiger partial charge in [-0.2, -0.15) is 5.26 Å². The van der Waals surface area contributed by atoms with Gasteiger partial charge in [-0.3, -0.25) is 0 Å². The van der Waals surface area contributed by atoms with Crippen LogP contribution in [0, 0.1) is 16.2 Å². The molecule has 4 nitrogen and oxygen atoms in total. The highest BCUT2D eigenvalue weighted by Crippen LogP contribution is 1.74. The molecule has 0 bridgehead atoms. The van der Waals surface area contributed by atoms with Crippen LogP contribution in [-0.2, 0) is 0 Å². The number of hydrogen-bond acceptors (Lipinski definition) is 4. The Balaban J connectivity index is 3.30. The highest BCUT2D eigenvalue weighted by molar-refractivity contribution is 4.78. The molecule has 1 N–H and O–H groups in total. The Kier molecular flexibility index (Phi) is 1.93. The van der Waals surface area contributed by atoms with E-state index in [1.165, 1.54) is 6.07 Å². The molecule has 0 heterocycles. The molecule has 0 radical (unpaired) electrons. The van der Waals surface area contributed by atoms with Gasteiger partial charge in [0.05, 0.1) is 0 Å². The molecular formula is C2H2N2O2. The molecule has 32 valence electrons. The third-order valence-electron chi connectivity index (χ3n) is 0.215. The van der Waals surface area contributed by atoms with Crippen molar-refractivity contribution in [3.8, 4) is 6.07 Å². The first-order valence-corrected chi connectivity index (χ1v) is 1.21. The lowest BCUT2D eigenvalue weighted by molar-refractivity contribution is 0.239. The molecule has 0 aromatic rings. The smallest absolute Gasteiger partial charge is 0.275 e. The minimum Gasteiger partial charge on any atom is -0.358 e. The second-order valence-corrected chi connectivity index (χ2v) is 0.608. The number of aliphatic hydroxyl groups excluding tert-OH is 1. The first-order valence-electron chi connectivity index (χ1n) is 1.21. The molecule has 0 rings (SSSR count). The van der Waals surface area contributed by atoms with E-state index in [2.05, 4.69) is 0 Å². The Hall–Kier alpha value is -0.950. The predicted molar refractivity (Wildman–Crippen MR) is 17.4 cm³/mol. The maximum absolute atomic E-state index is 9.01. The highest BCUT2D eigenvalue weighted by Gasteiger charge is 1.92. The standard InChI is InChI=1S/C2H2N2O2/c3-1-2(5)4-6/h2,5H. The average molecular weight is 86.0 g/mol. The highest BCUT2D eigenvalue weighted by atomic mass is 16.3. The van der Waals surface area contributed by atoms with E-state index in [4.69, 9.17) is 15.3 Å². The summed E-state index contributed by atoms with van der Waals surface area (Å²) in [6.45, 7) is 0. The Labute approximate surface area is 34.0 Å². The molecular weight excluding hydrogens is 84.0 g/mol. The molecule has 0 spiro atoms. The minimum absolute atomic E-state index is 1.19. The van der Waals surface area contributed by atoms with E-state index in [9.17, 15) is 0 Å². The molecule has 0 amide bonds. The van der Waals surface area contributed by atoms with Crippen LogP contribution in [0.15, 0.2) is 5.18 Å². The molecule has 0 saturated heterocycles. The summed E-state index contributed by atoms with van der Waals surface area (Å²) in [7, 11) is 0. The maximum atomic E-state index is 9.01. The minimum atomic E-state index is -1.69. The SMILES string of the molecule is N#CC(O)N=O. The summed E-state index contributed by atoms with van der Waals surface area (Å²) in [5.74, 6) is 0. The monoisotopic (exact) mass is 86.0 g/mol. The second kappa shape index (κ2) is 2.30. The summed E-state index contributed by atoms with van der Waals surface area (Å²) in [6.07, 6.45) is -1.69. The summed E-state index contributed by atoms with van der Waals surface area (Å²) in [5.41, 5.74) is 0. The van der Waals surface area contributed by atoms with Gasteiger partial charge < -0.3 is 5.11 Å². The van der Waals surface area contributed by atoms with Crippen LogP contribution in [0.2, 0.25) is 0 Å². The summed E-state index contributed by atoms with van der Waals surface area (Å²) in [4.78, 5) is 9.01. The van der Waals surface area contributed by atoms with Gasteiger partial charge in [-0.25, -0.2) is 0 Å². The van der Waals surface area contributed by atoms with Gasteiger partial charge >= 0.3 is 0 Å². The van der Waals surface area contributed by atoms with Crippen LogP contribution in [0.25, 0.3) is 0 Å². The van der Waals surface area contributed by atoms with Gasteiger partial charge in [0, 0.05) is 0 Å². The van der Waals surface area contributed by atoms with Crippen molar-refractivity contribution in [1.29, 1.82) is 5.26 Å². The molecule has 0 saturated carbocycles. The lowest BCUT2D eigenvalue weighted by Gasteiger charge is -1.75. The van der Waals surface area contributed by atoms with Gasteiger partial charge in [0.1, 0.15) is 6.07 Å². The molecule has 0 aliphatic carbocycles. The Morgan fingerprint density at radius 1 is 2.00 bits per heavy atom. The first-order chi connectivity index (χ1) is 2.81. The predicted octanol–water partition coefficient (Wildman–Crippen LogP) is -0.405. The van der Waals surface area contributed by atoms with Crippen molar-refractivity contribution < 1.29 is 5.11 Å². The lowest BCUT2D eigenvalue weighted by Crippen LogP contribution is -1.92. The second-order valence-electron chi connectivity index (χ2n) is 0.608. The molecule has 0 aliphatic heterocycles. The Morgan fingerprint density at radius 2 is 2.50 bits per heavy atom. The van der Waals surface area contributed by atoms with Gasteiger partial charge in [-0.1, -0.05) is 0 Å². The zero-order valence-corrected chi connectivity index (χ0v) is 2.83. The number of hydrogen-bond donors (Lipinski definition) is 1. The van der Waals surface area contributed by atoms with E-state index in [0.29, 0.717) is 0 Å². The average Bonchev–Trinajstić information content (AvgIpc) is 1.65. The molecule has 1 atom stereocenters. The van der Waals surface area contributed by atoms with Crippen molar-refractivity contribution in [2.24, 2.45) is 5.18 Å². The third-order valence-corrected chi connectivity index (χ3v) is 0.215. The van der Waals surface area contributed by atoms with Crippen molar-refractivity contribution in [2.75, 3.05) is 0 Å². The van der Waals surface area contributed by atoms with E-state index in [1.807, 2.05) is 5.18 Å². The summed E-state index contributed by atoms with van der Waals surface area (Å²) >= 11 is 0. The molecule has 0 aromatic carbocycles. The van der Waals surface area contributed by atoms with E-state index in [0.717, 1.165) is 0 Å². The number of nitriles is 1. The normalized spacial score (nSPS) is 12.0. The fourth-order valence-electron chi connectivity index (χ4n) is 0.0236. The van der Waals surface area contributed by atoms with Crippen molar-refractivity contribution >= 4 is 0 Å². The van der Waals surface area contributed by atoms with Crippen molar-refractivity contribution in [1.82, 2.24) is 0 Å². The van der Waals surface area contributed by atoms with Gasteiger partial charge in [0.25, 0.3) is 6.23 Å². The zero-order chi connectivity index (χ0) is 4.99. The zero-order valence-electron chi connectivity index (χ0n) is 2.83. The van der Waals surface area contributed by atoms with Gasteiger partial charge in [0.15, 0.2) is 0 Å². The van der Waals surface area contributed by atoms with Crippen molar-refractivity contribution in [3.05, 3.63) is 4.91 Å². The molecule has 1 unspecified atom stereocenters. The number of rotatable bonds is 1. The maximum Gasteiger partial charge on any atom is 0.275 e. The number of nitroso groups, excluding NO2 is 1. The van der Waals surface area contributed by atoms with Crippen molar-refractivity contribution in [2.45, 2.75) is 6.23 Å². The lowest BCUT2D eigenvalue weighted by atomic mass is 10.7. The van der Waals surface area contributed by atoms with Crippen LogP contribution < -0.4 is 0 Å². The molecule has 6 heavy (non-hydrogen) atoms. The molecule has 4 heteroatoms.